The summed E-state index contributed by atoms with van der Waals surface area (Å²) < 4.78 is 47.3. The van der Waals surface area contributed by atoms with E-state index < -0.39 is 15.6 Å². The number of sulfone groups is 1. The van der Waals surface area contributed by atoms with Gasteiger partial charge in [-0.15, -0.1) is 0 Å². The Morgan fingerprint density at radius 2 is 1.87 bits per heavy atom. The lowest BCUT2D eigenvalue weighted by Crippen LogP contribution is -2.31. The average molecular weight is 448 g/mol. The van der Waals surface area contributed by atoms with E-state index in [0.29, 0.717) is 49.6 Å². The molecule has 0 atom stereocenters. The first kappa shape index (κ1) is 20.7. The number of hydrogen-bond donors (Lipinski definition) is 0. The minimum atomic E-state index is -3.56. The SMILES string of the molecule is CS(=O)(=O)c1ncc2c(OC3CCOCC3)ncc(C3=CCC4(CC3)OCCO4)c2n1. The highest BCUT2D eigenvalue weighted by atomic mass is 32.2. The van der Waals surface area contributed by atoms with Crippen LogP contribution in [0.2, 0.25) is 0 Å². The Morgan fingerprint density at radius 3 is 2.55 bits per heavy atom. The van der Waals surface area contributed by atoms with Gasteiger partial charge >= 0.3 is 0 Å². The molecule has 0 aromatic carbocycles. The third kappa shape index (κ3) is 4.17. The molecule has 0 bridgehead atoms. The van der Waals surface area contributed by atoms with Crippen LogP contribution >= 0.6 is 0 Å². The van der Waals surface area contributed by atoms with E-state index in [2.05, 4.69) is 21.0 Å². The molecule has 0 unspecified atom stereocenters. The number of pyridine rings is 1. The summed E-state index contributed by atoms with van der Waals surface area (Å²) in [5.74, 6) is -0.118. The Kier molecular flexibility index (Phi) is 5.41. The van der Waals surface area contributed by atoms with Crippen molar-refractivity contribution in [1.82, 2.24) is 15.0 Å². The topological polar surface area (TPSA) is 110 Å². The molecule has 31 heavy (non-hydrogen) atoms. The monoisotopic (exact) mass is 447 g/mol. The van der Waals surface area contributed by atoms with E-state index in [1.165, 1.54) is 6.20 Å². The van der Waals surface area contributed by atoms with E-state index in [-0.39, 0.29) is 11.3 Å². The number of fused-ring (bicyclic) bond motifs is 1. The third-order valence-corrected chi connectivity index (χ3v) is 6.80. The zero-order valence-corrected chi connectivity index (χ0v) is 18.2. The van der Waals surface area contributed by atoms with Crippen LogP contribution < -0.4 is 4.74 Å². The highest BCUT2D eigenvalue weighted by Crippen LogP contribution is 2.40. The first-order chi connectivity index (χ1) is 14.9. The van der Waals surface area contributed by atoms with Gasteiger partial charge in [0.15, 0.2) is 5.79 Å². The first-order valence-electron chi connectivity index (χ1n) is 10.5. The first-order valence-corrected chi connectivity index (χ1v) is 12.4. The van der Waals surface area contributed by atoms with Gasteiger partial charge in [-0.2, -0.15) is 0 Å². The van der Waals surface area contributed by atoms with Gasteiger partial charge in [0.1, 0.15) is 6.10 Å². The summed E-state index contributed by atoms with van der Waals surface area (Å²) in [5.41, 5.74) is 2.36. The predicted molar refractivity (Wildman–Crippen MR) is 111 cm³/mol. The molecule has 166 valence electrons. The molecule has 0 radical (unpaired) electrons. The molecular formula is C21H25N3O6S. The Morgan fingerprint density at radius 1 is 1.10 bits per heavy atom. The van der Waals surface area contributed by atoms with Crippen LogP contribution in [0.3, 0.4) is 0 Å². The summed E-state index contributed by atoms with van der Waals surface area (Å²) in [6.45, 7) is 2.51. The van der Waals surface area contributed by atoms with Crippen LogP contribution in [0.25, 0.3) is 16.5 Å². The molecule has 3 aliphatic rings. The number of rotatable bonds is 4. The van der Waals surface area contributed by atoms with Crippen molar-refractivity contribution in [1.29, 1.82) is 0 Å². The highest BCUT2D eigenvalue weighted by molar-refractivity contribution is 7.90. The second kappa shape index (κ2) is 8.09. The van der Waals surface area contributed by atoms with Gasteiger partial charge in [0, 0.05) is 49.9 Å². The van der Waals surface area contributed by atoms with Crippen LogP contribution in [0.1, 0.15) is 37.7 Å². The molecule has 4 heterocycles. The number of hydrogen-bond acceptors (Lipinski definition) is 9. The standard InChI is InChI=1S/C21H25N3O6S/c1-31(25,26)20-23-13-17-18(24-20)16(12-22-19(17)30-15-4-8-27-9-5-15)14-2-6-21(7-3-14)28-10-11-29-21/h2,12-13,15H,3-11H2,1H3. The van der Waals surface area contributed by atoms with Crippen molar-refractivity contribution in [3.63, 3.8) is 0 Å². The maximum absolute atomic E-state index is 12.1. The fourth-order valence-electron chi connectivity index (χ4n) is 4.25. The molecule has 1 spiro atoms. The summed E-state index contributed by atoms with van der Waals surface area (Å²) in [6.07, 6.45) is 10.0. The van der Waals surface area contributed by atoms with Crippen molar-refractivity contribution >= 4 is 26.3 Å². The van der Waals surface area contributed by atoms with Gasteiger partial charge in [-0.05, 0) is 12.0 Å². The molecular weight excluding hydrogens is 422 g/mol. The normalized spacial score (nSPS) is 22.0. The number of allylic oxidation sites excluding steroid dienone is 1. The molecule has 2 saturated heterocycles. The molecule has 2 aromatic rings. The van der Waals surface area contributed by atoms with Gasteiger partial charge in [-0.25, -0.2) is 23.4 Å². The molecule has 2 aromatic heterocycles. The summed E-state index contributed by atoms with van der Waals surface area (Å²) in [7, 11) is -3.56. The lowest BCUT2D eigenvalue weighted by molar-refractivity contribution is -0.159. The van der Waals surface area contributed by atoms with Crippen molar-refractivity contribution in [3.05, 3.63) is 24.0 Å². The molecule has 1 aliphatic carbocycles. The Bertz CT molecular complexity index is 1120. The number of aromatic nitrogens is 3. The maximum Gasteiger partial charge on any atom is 0.247 e. The maximum atomic E-state index is 12.1. The Hall–Kier alpha value is -2.14. The van der Waals surface area contributed by atoms with Gasteiger partial charge in [0.2, 0.25) is 20.9 Å². The summed E-state index contributed by atoms with van der Waals surface area (Å²) in [4.78, 5) is 13.1. The quantitative estimate of drug-likeness (QED) is 0.652. The van der Waals surface area contributed by atoms with Gasteiger partial charge < -0.3 is 18.9 Å². The van der Waals surface area contributed by atoms with E-state index in [9.17, 15) is 8.42 Å². The van der Waals surface area contributed by atoms with Crippen LogP contribution in [0, 0.1) is 0 Å². The van der Waals surface area contributed by atoms with E-state index in [1.54, 1.807) is 6.20 Å². The summed E-state index contributed by atoms with van der Waals surface area (Å²) >= 11 is 0. The lowest BCUT2D eigenvalue weighted by Gasteiger charge is -2.31. The van der Waals surface area contributed by atoms with E-state index in [4.69, 9.17) is 18.9 Å². The fraction of sp³-hybridized carbons (Fsp3) is 0.571. The Balaban J connectivity index is 1.55. The highest BCUT2D eigenvalue weighted by Gasteiger charge is 2.38. The molecule has 9 nitrogen and oxygen atoms in total. The van der Waals surface area contributed by atoms with Gasteiger partial charge in [0.05, 0.1) is 37.3 Å². The predicted octanol–water partition coefficient (Wildman–Crippen LogP) is 2.30. The fourth-order valence-corrected chi connectivity index (χ4v) is 4.75. The number of ether oxygens (including phenoxy) is 4. The zero-order chi connectivity index (χ0) is 21.5. The second-order valence-corrected chi connectivity index (χ2v) is 10.0. The minimum absolute atomic E-state index is 0.00435. The Labute approximate surface area is 180 Å². The van der Waals surface area contributed by atoms with E-state index in [0.717, 1.165) is 43.1 Å². The molecule has 5 rings (SSSR count). The van der Waals surface area contributed by atoms with Gasteiger partial charge in [0.25, 0.3) is 0 Å². The smallest absolute Gasteiger partial charge is 0.247 e. The van der Waals surface area contributed by atoms with Crippen molar-refractivity contribution in [2.24, 2.45) is 0 Å². The van der Waals surface area contributed by atoms with Gasteiger partial charge in [-0.1, -0.05) is 6.08 Å². The zero-order valence-electron chi connectivity index (χ0n) is 17.4. The average Bonchev–Trinajstić information content (AvgIpc) is 3.22. The third-order valence-electron chi connectivity index (χ3n) is 5.94. The van der Waals surface area contributed by atoms with Crippen molar-refractivity contribution in [2.75, 3.05) is 32.7 Å². The minimum Gasteiger partial charge on any atom is -0.474 e. The van der Waals surface area contributed by atoms with E-state index >= 15 is 0 Å². The van der Waals surface area contributed by atoms with Crippen LogP contribution in [0.5, 0.6) is 5.88 Å². The summed E-state index contributed by atoms with van der Waals surface area (Å²) in [5, 5.41) is 0.394. The van der Waals surface area contributed by atoms with Gasteiger partial charge in [-0.3, -0.25) is 0 Å². The van der Waals surface area contributed by atoms with Crippen molar-refractivity contribution in [3.8, 4) is 5.88 Å². The lowest BCUT2D eigenvalue weighted by atomic mass is 9.89. The summed E-state index contributed by atoms with van der Waals surface area (Å²) in [6, 6.07) is 0. The largest absolute Gasteiger partial charge is 0.474 e. The molecule has 2 fully saturated rings. The second-order valence-electron chi connectivity index (χ2n) is 8.13. The number of nitrogens with zero attached hydrogens (tertiary/aromatic N) is 3. The molecule has 10 heteroatoms. The van der Waals surface area contributed by atoms with E-state index in [1.807, 2.05) is 0 Å². The van der Waals surface area contributed by atoms with Crippen LogP contribution in [0.4, 0.5) is 0 Å². The van der Waals surface area contributed by atoms with Crippen molar-refractivity contribution in [2.45, 2.75) is 49.2 Å². The molecule has 0 saturated carbocycles. The molecule has 2 aliphatic heterocycles. The van der Waals surface area contributed by atoms with Crippen LogP contribution in [0.15, 0.2) is 23.6 Å². The van der Waals surface area contributed by atoms with Crippen LogP contribution in [-0.4, -0.2) is 67.9 Å². The van der Waals surface area contributed by atoms with Crippen molar-refractivity contribution < 1.29 is 27.4 Å². The molecule has 0 N–H and O–H groups in total. The van der Waals surface area contributed by atoms with Crippen LogP contribution in [-0.2, 0) is 24.0 Å². The molecule has 0 amide bonds.